The van der Waals surface area contributed by atoms with E-state index in [-0.39, 0.29) is 34.7 Å². The molecule has 0 aliphatic rings. The highest BCUT2D eigenvalue weighted by atomic mass is 32.2. The number of anilines is 1. The molecule has 0 aliphatic carbocycles. The highest BCUT2D eigenvalue weighted by molar-refractivity contribution is 8.00. The van der Waals surface area contributed by atoms with E-state index in [0.29, 0.717) is 11.3 Å². The van der Waals surface area contributed by atoms with Crippen LogP contribution in [0.5, 0.6) is 5.75 Å². The summed E-state index contributed by atoms with van der Waals surface area (Å²) in [6.45, 7) is 1.32. The number of benzene rings is 2. The fraction of sp³-hybridized carbons (Fsp3) is 0.263. The van der Waals surface area contributed by atoms with Crippen molar-refractivity contribution < 1.29 is 27.5 Å². The van der Waals surface area contributed by atoms with Crippen LogP contribution in [-0.2, 0) is 9.59 Å². The van der Waals surface area contributed by atoms with Crippen molar-refractivity contribution in [3.8, 4) is 5.75 Å². The van der Waals surface area contributed by atoms with Crippen molar-refractivity contribution in [2.45, 2.75) is 29.8 Å². The Labute approximate surface area is 164 Å². The quantitative estimate of drug-likeness (QED) is 0.657. The molecule has 0 heterocycles. The fourth-order valence-corrected chi connectivity index (χ4v) is 3.13. The number of carbonyl (C=O) groups is 2. The summed E-state index contributed by atoms with van der Waals surface area (Å²) < 4.78 is 43.1. The van der Waals surface area contributed by atoms with Gasteiger partial charge in [0.15, 0.2) is 0 Å². The van der Waals surface area contributed by atoms with E-state index in [4.69, 9.17) is 4.74 Å². The number of thioether (sulfide) groups is 1. The molecular weight excluding hydrogens is 393 g/mol. The number of ether oxygens (including phenoxy) is 1. The minimum absolute atomic E-state index is 0.0612. The summed E-state index contributed by atoms with van der Waals surface area (Å²) in [5.41, 5.74) is -3.74. The van der Waals surface area contributed by atoms with E-state index in [9.17, 15) is 22.8 Å². The molecule has 9 heteroatoms. The third-order valence-corrected chi connectivity index (χ3v) is 4.48. The summed E-state index contributed by atoms with van der Waals surface area (Å²) in [6.07, 6.45) is -0.142. The molecule has 28 heavy (non-hydrogen) atoms. The van der Waals surface area contributed by atoms with Crippen molar-refractivity contribution in [1.29, 1.82) is 0 Å². The Balaban J connectivity index is 2.14. The SMILES string of the molecule is COc1ccc(C(CC(=O)Nc2ccccc2SC(F)(F)F)NC(C)=O)cc1. The van der Waals surface area contributed by atoms with Crippen LogP contribution in [0.1, 0.15) is 24.9 Å². The van der Waals surface area contributed by atoms with Crippen molar-refractivity contribution in [2.75, 3.05) is 12.4 Å². The number of hydrogen-bond acceptors (Lipinski definition) is 4. The Bertz CT molecular complexity index is 826. The summed E-state index contributed by atoms with van der Waals surface area (Å²) in [4.78, 5) is 23.8. The van der Waals surface area contributed by atoms with E-state index in [1.54, 1.807) is 24.3 Å². The lowest BCUT2D eigenvalue weighted by molar-refractivity contribution is -0.120. The van der Waals surface area contributed by atoms with Crippen LogP contribution in [0.2, 0.25) is 0 Å². The molecule has 2 N–H and O–H groups in total. The van der Waals surface area contributed by atoms with Gasteiger partial charge in [-0.1, -0.05) is 24.3 Å². The molecule has 0 saturated carbocycles. The molecule has 0 spiro atoms. The monoisotopic (exact) mass is 412 g/mol. The van der Waals surface area contributed by atoms with Gasteiger partial charge in [-0.05, 0) is 41.6 Å². The Morgan fingerprint density at radius 2 is 1.75 bits per heavy atom. The van der Waals surface area contributed by atoms with E-state index in [0.717, 1.165) is 0 Å². The molecule has 0 saturated heterocycles. The van der Waals surface area contributed by atoms with E-state index >= 15 is 0 Å². The van der Waals surface area contributed by atoms with Gasteiger partial charge in [-0.15, -0.1) is 0 Å². The van der Waals surface area contributed by atoms with Crippen LogP contribution in [0.25, 0.3) is 0 Å². The van der Waals surface area contributed by atoms with Crippen molar-refractivity contribution in [3.63, 3.8) is 0 Å². The molecular formula is C19H19F3N2O3S. The van der Waals surface area contributed by atoms with Crippen LogP contribution in [0.4, 0.5) is 18.9 Å². The van der Waals surface area contributed by atoms with E-state index in [1.807, 2.05) is 0 Å². The summed E-state index contributed by atoms with van der Waals surface area (Å²) in [7, 11) is 1.52. The molecule has 0 bridgehead atoms. The number of amides is 2. The van der Waals surface area contributed by atoms with Crippen molar-refractivity contribution in [1.82, 2.24) is 5.32 Å². The minimum atomic E-state index is -4.47. The lowest BCUT2D eigenvalue weighted by Gasteiger charge is -2.19. The first-order valence-corrected chi connectivity index (χ1v) is 9.05. The second-order valence-electron chi connectivity index (χ2n) is 5.82. The third kappa shape index (κ3) is 6.80. The third-order valence-electron chi connectivity index (χ3n) is 3.67. The molecule has 1 unspecified atom stereocenters. The second kappa shape index (κ2) is 9.50. The zero-order chi connectivity index (χ0) is 20.7. The molecule has 0 radical (unpaired) electrons. The Kier molecular flexibility index (Phi) is 7.33. The maximum absolute atomic E-state index is 12.7. The highest BCUT2D eigenvalue weighted by Crippen LogP contribution is 2.40. The van der Waals surface area contributed by atoms with E-state index in [2.05, 4.69) is 10.6 Å². The number of rotatable bonds is 7. The first kappa shape index (κ1) is 21.6. The summed E-state index contributed by atoms with van der Waals surface area (Å²) in [6, 6.07) is 11.8. The van der Waals surface area contributed by atoms with Gasteiger partial charge >= 0.3 is 5.51 Å². The smallest absolute Gasteiger partial charge is 0.446 e. The lowest BCUT2D eigenvalue weighted by Crippen LogP contribution is -2.29. The number of para-hydroxylation sites is 1. The van der Waals surface area contributed by atoms with Crippen LogP contribution in [-0.4, -0.2) is 24.4 Å². The normalized spacial score (nSPS) is 12.2. The van der Waals surface area contributed by atoms with Gasteiger partial charge in [0.2, 0.25) is 11.8 Å². The number of halogens is 3. The summed E-state index contributed by atoms with van der Waals surface area (Å²) in [5.74, 6) is -0.237. The zero-order valence-electron chi connectivity index (χ0n) is 15.2. The topological polar surface area (TPSA) is 67.4 Å². The number of alkyl halides is 3. The average molecular weight is 412 g/mol. The molecule has 5 nitrogen and oxygen atoms in total. The van der Waals surface area contributed by atoms with Crippen LogP contribution >= 0.6 is 11.8 Å². The van der Waals surface area contributed by atoms with Gasteiger partial charge in [-0.3, -0.25) is 9.59 Å². The van der Waals surface area contributed by atoms with Gasteiger partial charge in [0, 0.05) is 11.8 Å². The van der Waals surface area contributed by atoms with Crippen molar-refractivity contribution >= 4 is 29.3 Å². The maximum atomic E-state index is 12.7. The van der Waals surface area contributed by atoms with Gasteiger partial charge in [0.25, 0.3) is 0 Å². The number of carbonyl (C=O) groups excluding carboxylic acids is 2. The molecule has 2 rings (SSSR count). The predicted octanol–water partition coefficient (Wildman–Crippen LogP) is 4.51. The van der Waals surface area contributed by atoms with Crippen molar-refractivity contribution in [3.05, 3.63) is 54.1 Å². The predicted molar refractivity (Wildman–Crippen MR) is 101 cm³/mol. The molecule has 0 aromatic heterocycles. The first-order valence-electron chi connectivity index (χ1n) is 8.23. The molecule has 150 valence electrons. The van der Waals surface area contributed by atoms with E-state index in [1.165, 1.54) is 38.3 Å². The maximum Gasteiger partial charge on any atom is 0.446 e. The molecule has 2 aromatic carbocycles. The van der Waals surface area contributed by atoms with Crippen LogP contribution in [0.15, 0.2) is 53.4 Å². The summed E-state index contributed by atoms with van der Waals surface area (Å²) >= 11 is -0.299. The lowest BCUT2D eigenvalue weighted by atomic mass is 10.0. The largest absolute Gasteiger partial charge is 0.497 e. The van der Waals surface area contributed by atoms with Crippen LogP contribution in [0.3, 0.4) is 0 Å². The van der Waals surface area contributed by atoms with Gasteiger partial charge in [0.1, 0.15) is 5.75 Å². The molecule has 0 aliphatic heterocycles. The second-order valence-corrected chi connectivity index (χ2v) is 6.93. The van der Waals surface area contributed by atoms with Gasteiger partial charge in [-0.2, -0.15) is 13.2 Å². The number of methoxy groups -OCH3 is 1. The van der Waals surface area contributed by atoms with Crippen LogP contribution in [0, 0.1) is 0 Å². The molecule has 1 atom stereocenters. The van der Waals surface area contributed by atoms with Crippen molar-refractivity contribution in [2.24, 2.45) is 0 Å². The number of hydrogen-bond donors (Lipinski definition) is 2. The minimum Gasteiger partial charge on any atom is -0.497 e. The Morgan fingerprint density at radius 3 is 2.32 bits per heavy atom. The standard InChI is InChI=1S/C19H19F3N2O3S/c1-12(25)23-16(13-7-9-14(27-2)10-8-13)11-18(26)24-15-5-3-4-6-17(15)28-19(20,21)22/h3-10,16H,11H2,1-2H3,(H,23,25)(H,24,26). The Hall–Kier alpha value is -2.68. The molecule has 0 fully saturated rings. The number of nitrogens with one attached hydrogen (secondary N) is 2. The van der Waals surface area contributed by atoms with Gasteiger partial charge < -0.3 is 15.4 Å². The summed E-state index contributed by atoms with van der Waals surface area (Å²) in [5, 5.41) is 5.17. The Morgan fingerprint density at radius 1 is 1.11 bits per heavy atom. The highest BCUT2D eigenvalue weighted by Gasteiger charge is 2.30. The van der Waals surface area contributed by atoms with Gasteiger partial charge in [0.05, 0.1) is 25.3 Å². The van der Waals surface area contributed by atoms with Gasteiger partial charge in [-0.25, -0.2) is 0 Å². The van der Waals surface area contributed by atoms with E-state index < -0.39 is 17.5 Å². The molecule has 2 aromatic rings. The zero-order valence-corrected chi connectivity index (χ0v) is 16.0. The average Bonchev–Trinajstić information content (AvgIpc) is 2.61. The first-order chi connectivity index (χ1) is 13.2. The van der Waals surface area contributed by atoms with Crippen LogP contribution < -0.4 is 15.4 Å². The molecule has 2 amide bonds. The fourth-order valence-electron chi connectivity index (χ4n) is 2.50.